The maximum absolute atomic E-state index is 13.2. The predicted octanol–water partition coefficient (Wildman–Crippen LogP) is 4.47. The van der Waals surface area contributed by atoms with Gasteiger partial charge in [-0.05, 0) is 60.8 Å². The van der Waals surface area contributed by atoms with Crippen molar-refractivity contribution in [3.05, 3.63) is 74.6 Å². The van der Waals surface area contributed by atoms with Crippen molar-refractivity contribution >= 4 is 27.6 Å². The summed E-state index contributed by atoms with van der Waals surface area (Å²) >= 11 is 1.19. The van der Waals surface area contributed by atoms with Crippen LogP contribution in [0.25, 0.3) is 27.0 Å². The smallest absolute Gasteiger partial charge is 0.431 e. The molecule has 0 aliphatic carbocycles. The molecule has 8 nitrogen and oxygen atoms in total. The number of ether oxygens (including phenoxy) is 2. The van der Waals surface area contributed by atoms with E-state index in [1.807, 2.05) is 6.92 Å². The van der Waals surface area contributed by atoms with Crippen LogP contribution in [-0.4, -0.2) is 32.7 Å². The van der Waals surface area contributed by atoms with Crippen molar-refractivity contribution < 1.29 is 27.4 Å². The van der Waals surface area contributed by atoms with Gasteiger partial charge in [0.1, 0.15) is 11.4 Å². The molecule has 0 N–H and O–H groups in total. The van der Waals surface area contributed by atoms with Crippen LogP contribution in [0.5, 0.6) is 5.75 Å². The van der Waals surface area contributed by atoms with Crippen LogP contribution >= 0.6 is 11.5 Å². The number of esters is 1. The van der Waals surface area contributed by atoms with Gasteiger partial charge in [-0.15, -0.1) is 0 Å². The largest absolute Gasteiger partial charge is 0.479 e. The van der Waals surface area contributed by atoms with E-state index in [-0.39, 0.29) is 5.69 Å². The monoisotopic (exact) mass is 533 g/mol. The Labute approximate surface area is 212 Å². The molecule has 2 aromatic heterocycles. The van der Waals surface area contributed by atoms with Gasteiger partial charge in [0.15, 0.2) is 6.10 Å². The van der Waals surface area contributed by atoms with E-state index in [1.54, 1.807) is 37.3 Å². The standard InChI is InChI=1S/C25H22F3N3O5S/c1-5-18(23(33)35-4)36-15-8-6-13(2)16(11-15)22-17-10-14(7-9-19(17)37-29-22)31-21(32)12-20(25(26,27)28)30(3)24(31)34/h6-12,18H,5H2,1-4H3. The number of hydrogen-bond acceptors (Lipinski definition) is 7. The summed E-state index contributed by atoms with van der Waals surface area (Å²) in [6.45, 7) is 3.65. The highest BCUT2D eigenvalue weighted by Crippen LogP contribution is 2.36. The van der Waals surface area contributed by atoms with E-state index in [2.05, 4.69) is 4.37 Å². The number of halogens is 3. The number of hydrogen-bond donors (Lipinski definition) is 0. The van der Waals surface area contributed by atoms with Crippen molar-refractivity contribution in [2.24, 2.45) is 7.05 Å². The molecule has 1 atom stereocenters. The minimum absolute atomic E-state index is 0.107. The van der Waals surface area contributed by atoms with Crippen LogP contribution in [0, 0.1) is 6.92 Å². The number of alkyl halides is 3. The molecule has 0 saturated heterocycles. The average Bonchev–Trinajstić information content (AvgIpc) is 3.27. The van der Waals surface area contributed by atoms with Gasteiger partial charge in [-0.3, -0.25) is 9.36 Å². The number of nitrogens with zero attached hydrogens (tertiary/aromatic N) is 3. The number of rotatable bonds is 6. The molecule has 0 amide bonds. The summed E-state index contributed by atoms with van der Waals surface area (Å²) in [7, 11) is 2.24. The zero-order chi connectivity index (χ0) is 27.1. The maximum atomic E-state index is 13.2. The van der Waals surface area contributed by atoms with E-state index in [4.69, 9.17) is 9.47 Å². The number of aromatic nitrogens is 3. The Morgan fingerprint density at radius 2 is 1.86 bits per heavy atom. The lowest BCUT2D eigenvalue weighted by Gasteiger charge is -2.16. The summed E-state index contributed by atoms with van der Waals surface area (Å²) in [5.74, 6) is -0.0834. The van der Waals surface area contributed by atoms with Crippen LogP contribution < -0.4 is 16.0 Å². The van der Waals surface area contributed by atoms with Crippen LogP contribution in [0.1, 0.15) is 24.6 Å². The topological polar surface area (TPSA) is 92.4 Å². The van der Waals surface area contributed by atoms with Crippen molar-refractivity contribution in [2.45, 2.75) is 32.5 Å². The third kappa shape index (κ3) is 4.88. The molecule has 0 radical (unpaired) electrons. The average molecular weight is 534 g/mol. The first-order chi connectivity index (χ1) is 17.5. The van der Waals surface area contributed by atoms with Gasteiger partial charge >= 0.3 is 17.8 Å². The summed E-state index contributed by atoms with van der Waals surface area (Å²) in [6, 6.07) is 10.3. The summed E-state index contributed by atoms with van der Waals surface area (Å²) in [6.07, 6.45) is -5.24. The first-order valence-electron chi connectivity index (χ1n) is 11.1. The molecule has 2 aromatic carbocycles. The van der Waals surface area contributed by atoms with Crippen LogP contribution in [0.4, 0.5) is 13.2 Å². The van der Waals surface area contributed by atoms with Gasteiger partial charge in [0.25, 0.3) is 5.56 Å². The molecule has 0 fully saturated rings. The number of benzene rings is 2. The van der Waals surface area contributed by atoms with Crippen molar-refractivity contribution in [3.8, 4) is 22.7 Å². The van der Waals surface area contributed by atoms with Gasteiger partial charge in [-0.25, -0.2) is 14.2 Å². The van der Waals surface area contributed by atoms with E-state index < -0.39 is 35.2 Å². The normalized spacial score (nSPS) is 12.5. The molecule has 0 saturated carbocycles. The lowest BCUT2D eigenvalue weighted by molar-refractivity contribution is -0.149. The highest BCUT2D eigenvalue weighted by Gasteiger charge is 2.35. The molecule has 12 heteroatoms. The lowest BCUT2D eigenvalue weighted by Crippen LogP contribution is -2.40. The molecule has 2 heterocycles. The Morgan fingerprint density at radius 1 is 1.14 bits per heavy atom. The minimum Gasteiger partial charge on any atom is -0.479 e. The van der Waals surface area contributed by atoms with Crippen LogP contribution in [0.15, 0.2) is 52.1 Å². The van der Waals surface area contributed by atoms with E-state index in [1.165, 1.54) is 24.7 Å². The zero-order valence-electron chi connectivity index (χ0n) is 20.3. The van der Waals surface area contributed by atoms with Gasteiger partial charge < -0.3 is 9.47 Å². The number of fused-ring (bicyclic) bond motifs is 1. The second kappa shape index (κ2) is 9.85. The Balaban J connectivity index is 1.83. The predicted molar refractivity (Wildman–Crippen MR) is 132 cm³/mol. The Morgan fingerprint density at radius 3 is 2.51 bits per heavy atom. The van der Waals surface area contributed by atoms with Crippen LogP contribution in [-0.2, 0) is 22.8 Å². The molecular formula is C25H22F3N3O5S. The molecular weight excluding hydrogens is 511 g/mol. The molecule has 1 unspecified atom stereocenters. The quantitative estimate of drug-likeness (QED) is 0.340. The minimum atomic E-state index is -4.85. The Hall–Kier alpha value is -3.93. The van der Waals surface area contributed by atoms with Gasteiger partial charge in [-0.1, -0.05) is 13.0 Å². The van der Waals surface area contributed by atoms with Crippen molar-refractivity contribution in [1.82, 2.24) is 13.5 Å². The molecule has 0 spiro atoms. The molecule has 0 aliphatic heterocycles. The number of aryl methyl sites for hydroxylation is 1. The zero-order valence-corrected chi connectivity index (χ0v) is 21.1. The van der Waals surface area contributed by atoms with E-state index in [0.717, 1.165) is 17.3 Å². The molecule has 0 bridgehead atoms. The SMILES string of the molecule is CCC(Oc1ccc(C)c(-c2nsc3ccc(-n4c(=O)cc(C(F)(F)F)n(C)c4=O)cc23)c1)C(=O)OC. The maximum Gasteiger partial charge on any atom is 0.431 e. The van der Waals surface area contributed by atoms with E-state index >= 15 is 0 Å². The number of carbonyl (C=O) groups is 1. The summed E-state index contributed by atoms with van der Waals surface area (Å²) < 4.78 is 56.7. The van der Waals surface area contributed by atoms with Crippen LogP contribution in [0.2, 0.25) is 0 Å². The molecule has 4 aromatic rings. The fraction of sp³-hybridized carbons (Fsp3) is 0.280. The van der Waals surface area contributed by atoms with Gasteiger partial charge in [-0.2, -0.15) is 17.5 Å². The number of carbonyl (C=O) groups excluding carboxylic acids is 1. The molecule has 4 rings (SSSR count). The first kappa shape index (κ1) is 26.1. The number of methoxy groups -OCH3 is 1. The molecule has 0 aliphatic rings. The second-order valence-electron chi connectivity index (χ2n) is 8.27. The Kier molecular flexibility index (Phi) is 6.96. The fourth-order valence-electron chi connectivity index (χ4n) is 3.92. The van der Waals surface area contributed by atoms with E-state index in [0.29, 0.717) is 44.0 Å². The third-order valence-corrected chi connectivity index (χ3v) is 6.73. The lowest BCUT2D eigenvalue weighted by atomic mass is 10.0. The highest BCUT2D eigenvalue weighted by atomic mass is 32.1. The summed E-state index contributed by atoms with van der Waals surface area (Å²) in [5.41, 5.74) is -1.37. The molecule has 37 heavy (non-hydrogen) atoms. The summed E-state index contributed by atoms with van der Waals surface area (Å²) in [4.78, 5) is 37.3. The van der Waals surface area contributed by atoms with E-state index in [9.17, 15) is 27.6 Å². The van der Waals surface area contributed by atoms with Crippen molar-refractivity contribution in [1.29, 1.82) is 0 Å². The Bertz CT molecular complexity index is 1620. The fourth-order valence-corrected chi connectivity index (χ4v) is 4.69. The summed E-state index contributed by atoms with van der Waals surface area (Å²) in [5, 5.41) is 0.594. The molecule has 194 valence electrons. The van der Waals surface area contributed by atoms with Crippen molar-refractivity contribution in [3.63, 3.8) is 0 Å². The van der Waals surface area contributed by atoms with Crippen molar-refractivity contribution in [2.75, 3.05) is 7.11 Å². The van der Waals surface area contributed by atoms with Gasteiger partial charge in [0.2, 0.25) is 0 Å². The van der Waals surface area contributed by atoms with Crippen LogP contribution in [0.3, 0.4) is 0 Å². The van der Waals surface area contributed by atoms with Gasteiger partial charge in [0.05, 0.1) is 23.2 Å². The first-order valence-corrected chi connectivity index (χ1v) is 11.9. The third-order valence-electron chi connectivity index (χ3n) is 5.90. The second-order valence-corrected chi connectivity index (χ2v) is 9.07. The highest BCUT2D eigenvalue weighted by molar-refractivity contribution is 7.13. The van der Waals surface area contributed by atoms with Gasteiger partial charge in [0, 0.05) is 24.1 Å².